The molecule has 5 nitrogen and oxygen atoms in total. The van der Waals surface area contributed by atoms with Crippen molar-refractivity contribution in [2.45, 2.75) is 38.5 Å². The number of carbonyl (C=O) groups excluding carboxylic acids is 1. The van der Waals surface area contributed by atoms with E-state index in [1.54, 1.807) is 13.0 Å². The van der Waals surface area contributed by atoms with Crippen LogP contribution in [-0.2, 0) is 9.53 Å². The van der Waals surface area contributed by atoms with E-state index in [1.807, 2.05) is 36.4 Å². The van der Waals surface area contributed by atoms with Gasteiger partial charge in [0.05, 0.1) is 18.2 Å². The molecule has 0 bridgehead atoms. The smallest absolute Gasteiger partial charge is 0.410 e. The average molecular weight is 393 g/mol. The van der Waals surface area contributed by atoms with E-state index in [1.165, 1.54) is 6.92 Å². The van der Waals surface area contributed by atoms with E-state index in [-0.39, 0.29) is 24.4 Å². The number of ether oxygens (including phenoxy) is 1. The minimum atomic E-state index is -4.55. The second-order valence-electron chi connectivity index (χ2n) is 6.70. The topological polar surface area (TPSA) is 67.6 Å². The number of halogens is 3. The molecule has 0 amide bonds. The summed E-state index contributed by atoms with van der Waals surface area (Å²) < 4.78 is 45.8. The number of nitrogens with zero attached hydrogens (tertiary/aromatic N) is 1. The highest BCUT2D eigenvalue weighted by molar-refractivity contribution is 5.88. The summed E-state index contributed by atoms with van der Waals surface area (Å²) in [6, 6.07) is 10.5. The van der Waals surface area contributed by atoms with E-state index in [0.29, 0.717) is 10.6 Å². The molecule has 0 spiro atoms. The summed E-state index contributed by atoms with van der Waals surface area (Å²) >= 11 is 0. The summed E-state index contributed by atoms with van der Waals surface area (Å²) in [4.78, 5) is 12.1. The van der Waals surface area contributed by atoms with Gasteiger partial charge in [-0.05, 0) is 36.2 Å². The van der Waals surface area contributed by atoms with Crippen molar-refractivity contribution in [2.24, 2.45) is 5.84 Å². The second-order valence-corrected chi connectivity index (χ2v) is 6.70. The first kappa shape index (κ1) is 20.0. The van der Waals surface area contributed by atoms with Crippen LogP contribution in [0, 0.1) is 0 Å². The average Bonchev–Trinajstić information content (AvgIpc) is 2.66. The van der Waals surface area contributed by atoms with Gasteiger partial charge in [0.25, 0.3) is 0 Å². The SMILES string of the molecule is CCOC(=O)/C(C)=C1\NC(c2ccc3ccccc3c2)CC(C(F)(F)F)N1N. The Hall–Kier alpha value is -2.74. The number of nitrogens with one attached hydrogen (secondary N) is 1. The van der Waals surface area contributed by atoms with Crippen LogP contribution in [0.3, 0.4) is 0 Å². The number of hydrogen-bond acceptors (Lipinski definition) is 5. The van der Waals surface area contributed by atoms with Crippen molar-refractivity contribution in [1.82, 2.24) is 10.3 Å². The van der Waals surface area contributed by atoms with Gasteiger partial charge in [0.1, 0.15) is 11.9 Å². The Morgan fingerprint density at radius 1 is 1.25 bits per heavy atom. The number of fused-ring (bicyclic) bond motifs is 1. The first-order valence-corrected chi connectivity index (χ1v) is 8.96. The van der Waals surface area contributed by atoms with Gasteiger partial charge < -0.3 is 10.1 Å². The van der Waals surface area contributed by atoms with Crippen molar-refractivity contribution in [2.75, 3.05) is 6.61 Å². The van der Waals surface area contributed by atoms with Crippen molar-refractivity contribution in [3.8, 4) is 0 Å². The van der Waals surface area contributed by atoms with E-state index in [4.69, 9.17) is 10.6 Å². The van der Waals surface area contributed by atoms with Crippen molar-refractivity contribution in [3.05, 3.63) is 59.4 Å². The van der Waals surface area contributed by atoms with Crippen LogP contribution >= 0.6 is 0 Å². The highest BCUT2D eigenvalue weighted by atomic mass is 19.4. The van der Waals surface area contributed by atoms with Gasteiger partial charge in [0.15, 0.2) is 0 Å². The lowest BCUT2D eigenvalue weighted by molar-refractivity contribution is -0.189. The molecule has 0 aliphatic carbocycles. The lowest BCUT2D eigenvalue weighted by Gasteiger charge is -2.42. The Morgan fingerprint density at radius 3 is 2.57 bits per heavy atom. The molecule has 0 radical (unpaired) electrons. The van der Waals surface area contributed by atoms with E-state index in [0.717, 1.165) is 10.8 Å². The van der Waals surface area contributed by atoms with Crippen LogP contribution in [0.15, 0.2) is 53.9 Å². The summed E-state index contributed by atoms with van der Waals surface area (Å²) in [7, 11) is 0. The van der Waals surface area contributed by atoms with Crippen molar-refractivity contribution >= 4 is 16.7 Å². The number of alkyl halides is 3. The molecule has 2 aromatic carbocycles. The second kappa shape index (κ2) is 7.71. The summed E-state index contributed by atoms with van der Waals surface area (Å²) in [5.41, 5.74) is 0.694. The molecule has 1 aliphatic heterocycles. The highest BCUT2D eigenvalue weighted by Crippen LogP contribution is 2.37. The number of benzene rings is 2. The van der Waals surface area contributed by atoms with E-state index in [2.05, 4.69) is 5.32 Å². The van der Waals surface area contributed by atoms with Gasteiger partial charge >= 0.3 is 12.1 Å². The molecule has 2 aromatic rings. The molecule has 2 unspecified atom stereocenters. The first-order chi connectivity index (χ1) is 13.2. The fraction of sp³-hybridized carbons (Fsp3) is 0.350. The highest BCUT2D eigenvalue weighted by Gasteiger charge is 2.48. The zero-order valence-electron chi connectivity index (χ0n) is 15.6. The molecule has 8 heteroatoms. The van der Waals surface area contributed by atoms with Gasteiger partial charge in [-0.1, -0.05) is 36.4 Å². The maximum atomic E-state index is 13.6. The van der Waals surface area contributed by atoms with Crippen LogP contribution in [0.4, 0.5) is 13.2 Å². The van der Waals surface area contributed by atoms with Gasteiger partial charge in [-0.15, -0.1) is 0 Å². The van der Waals surface area contributed by atoms with E-state index >= 15 is 0 Å². The molecule has 28 heavy (non-hydrogen) atoms. The van der Waals surface area contributed by atoms with Crippen molar-refractivity contribution in [3.63, 3.8) is 0 Å². The van der Waals surface area contributed by atoms with Crippen LogP contribution in [0.25, 0.3) is 10.8 Å². The Balaban J connectivity index is 2.03. The molecule has 2 atom stereocenters. The zero-order valence-corrected chi connectivity index (χ0v) is 15.6. The Bertz CT molecular complexity index is 911. The largest absolute Gasteiger partial charge is 0.463 e. The monoisotopic (exact) mass is 393 g/mol. The van der Waals surface area contributed by atoms with Gasteiger partial charge in [0, 0.05) is 6.42 Å². The predicted octanol–water partition coefficient (Wildman–Crippen LogP) is 3.78. The maximum Gasteiger partial charge on any atom is 0.410 e. The van der Waals surface area contributed by atoms with Crippen molar-refractivity contribution < 1.29 is 22.7 Å². The quantitative estimate of drug-likeness (QED) is 0.472. The van der Waals surface area contributed by atoms with Crippen LogP contribution in [-0.4, -0.2) is 29.8 Å². The summed E-state index contributed by atoms with van der Waals surface area (Å²) in [5, 5.41) is 5.51. The molecule has 150 valence electrons. The Morgan fingerprint density at radius 2 is 1.93 bits per heavy atom. The number of rotatable bonds is 3. The van der Waals surface area contributed by atoms with Crippen molar-refractivity contribution in [1.29, 1.82) is 0 Å². The van der Waals surface area contributed by atoms with Gasteiger partial charge in [0.2, 0.25) is 0 Å². The summed E-state index contributed by atoms with van der Waals surface area (Å²) in [6.45, 7) is 3.14. The molecule has 1 fully saturated rings. The lowest BCUT2D eigenvalue weighted by atomic mass is 9.94. The third-order valence-electron chi connectivity index (χ3n) is 4.85. The lowest BCUT2D eigenvalue weighted by Crippen LogP contribution is -2.57. The predicted molar refractivity (Wildman–Crippen MR) is 99.6 cm³/mol. The van der Waals surface area contributed by atoms with Crippen LogP contribution in [0.1, 0.15) is 31.9 Å². The molecule has 1 aliphatic rings. The van der Waals surface area contributed by atoms with E-state index in [9.17, 15) is 18.0 Å². The van der Waals surface area contributed by atoms with Crippen LogP contribution < -0.4 is 11.2 Å². The fourth-order valence-electron chi connectivity index (χ4n) is 3.36. The molecular weight excluding hydrogens is 371 g/mol. The molecule has 3 rings (SSSR count). The first-order valence-electron chi connectivity index (χ1n) is 8.96. The summed E-state index contributed by atoms with van der Waals surface area (Å²) in [5.74, 6) is 4.97. The van der Waals surface area contributed by atoms with Gasteiger partial charge in [-0.3, -0.25) is 5.01 Å². The molecule has 1 heterocycles. The van der Waals surface area contributed by atoms with Crippen LogP contribution in [0.5, 0.6) is 0 Å². The number of nitrogens with two attached hydrogens (primary N) is 1. The number of carbonyl (C=O) groups is 1. The molecule has 1 saturated heterocycles. The molecule has 3 N–H and O–H groups in total. The maximum absolute atomic E-state index is 13.6. The summed E-state index contributed by atoms with van der Waals surface area (Å²) in [6.07, 6.45) is -4.83. The standard InChI is InChI=1S/C20H22F3N3O2/c1-3-28-19(27)12(2)18-25-16(11-17(26(18)24)20(21,22)23)15-9-8-13-6-4-5-7-14(13)10-15/h4-10,16-17,25H,3,11,24H2,1-2H3/b18-12+. The third-order valence-corrected chi connectivity index (χ3v) is 4.85. The van der Waals surface area contributed by atoms with Gasteiger partial charge in [-0.2, -0.15) is 13.2 Å². The normalized spacial score (nSPS) is 22.0. The third kappa shape index (κ3) is 3.91. The zero-order chi connectivity index (χ0) is 20.5. The minimum Gasteiger partial charge on any atom is -0.463 e. The number of hydrazine groups is 1. The Labute approximate surface area is 160 Å². The van der Waals surface area contributed by atoms with Gasteiger partial charge in [-0.25, -0.2) is 10.6 Å². The van der Waals surface area contributed by atoms with E-state index < -0.39 is 24.2 Å². The molecule has 0 aromatic heterocycles. The molecule has 0 saturated carbocycles. The fourth-order valence-corrected chi connectivity index (χ4v) is 3.36. The Kier molecular flexibility index (Phi) is 5.51. The molecular formula is C20H22F3N3O2. The number of hydrogen-bond donors (Lipinski definition) is 2. The minimum absolute atomic E-state index is 0.00379. The van der Waals surface area contributed by atoms with Crippen LogP contribution in [0.2, 0.25) is 0 Å². The number of esters is 1.